The normalized spacial score (nSPS) is 17.6. The van der Waals surface area contributed by atoms with E-state index in [1.165, 1.54) is 7.11 Å². The molecule has 0 rings (SSSR count). The molecule has 0 fully saturated rings. The van der Waals surface area contributed by atoms with E-state index in [4.69, 9.17) is 5.11 Å². The first kappa shape index (κ1) is 12.4. The Labute approximate surface area is 80.1 Å². The van der Waals surface area contributed by atoms with E-state index >= 15 is 0 Å². The van der Waals surface area contributed by atoms with Crippen LogP contribution >= 0.6 is 0 Å². The van der Waals surface area contributed by atoms with Crippen molar-refractivity contribution in [2.45, 2.75) is 39.7 Å². The Kier molecular flexibility index (Phi) is 5.71. The van der Waals surface area contributed by atoms with Gasteiger partial charge >= 0.3 is 5.97 Å². The molecule has 3 nitrogen and oxygen atoms in total. The van der Waals surface area contributed by atoms with Crippen molar-refractivity contribution in [3.8, 4) is 0 Å². The third kappa shape index (κ3) is 5.64. The van der Waals surface area contributed by atoms with Crippen molar-refractivity contribution in [1.29, 1.82) is 0 Å². The average molecular weight is 188 g/mol. The summed E-state index contributed by atoms with van der Waals surface area (Å²) in [4.78, 5) is 11.0. The summed E-state index contributed by atoms with van der Waals surface area (Å²) in [5.41, 5.74) is 0. The topological polar surface area (TPSA) is 46.5 Å². The zero-order chi connectivity index (χ0) is 10.4. The smallest absolute Gasteiger partial charge is 0.308 e. The van der Waals surface area contributed by atoms with E-state index in [1.54, 1.807) is 6.92 Å². The van der Waals surface area contributed by atoms with Gasteiger partial charge in [-0.05, 0) is 25.7 Å². The second-order valence-corrected chi connectivity index (χ2v) is 3.85. The second kappa shape index (κ2) is 5.97. The SMILES string of the molecule is COC(=O)[C@@H](C)C[C@@H](C)C[C@@H](C)O. The van der Waals surface area contributed by atoms with E-state index in [0.717, 1.165) is 12.8 Å². The molecule has 0 aromatic carbocycles. The first-order valence-corrected chi connectivity index (χ1v) is 4.73. The minimum atomic E-state index is -0.292. The fourth-order valence-corrected chi connectivity index (χ4v) is 1.58. The molecule has 0 aliphatic heterocycles. The number of rotatable bonds is 5. The highest BCUT2D eigenvalue weighted by Gasteiger charge is 2.17. The molecule has 0 aliphatic rings. The van der Waals surface area contributed by atoms with Gasteiger partial charge in [0.05, 0.1) is 19.1 Å². The van der Waals surface area contributed by atoms with Crippen molar-refractivity contribution in [3.05, 3.63) is 0 Å². The molecule has 78 valence electrons. The lowest BCUT2D eigenvalue weighted by atomic mass is 9.93. The number of carbonyl (C=O) groups is 1. The predicted molar refractivity (Wildman–Crippen MR) is 51.3 cm³/mol. The van der Waals surface area contributed by atoms with Crippen molar-refractivity contribution < 1.29 is 14.6 Å². The number of aliphatic hydroxyl groups is 1. The number of esters is 1. The van der Waals surface area contributed by atoms with Crippen LogP contribution in [0.15, 0.2) is 0 Å². The molecule has 0 amide bonds. The second-order valence-electron chi connectivity index (χ2n) is 3.85. The average Bonchev–Trinajstić information content (AvgIpc) is 2.01. The van der Waals surface area contributed by atoms with Crippen LogP contribution in [0, 0.1) is 11.8 Å². The largest absolute Gasteiger partial charge is 0.469 e. The van der Waals surface area contributed by atoms with Gasteiger partial charge in [0.1, 0.15) is 0 Å². The number of methoxy groups -OCH3 is 1. The number of carbonyl (C=O) groups excluding carboxylic acids is 1. The fraction of sp³-hybridized carbons (Fsp3) is 0.900. The van der Waals surface area contributed by atoms with Gasteiger partial charge in [0.15, 0.2) is 0 Å². The van der Waals surface area contributed by atoms with Crippen LogP contribution in [0.1, 0.15) is 33.6 Å². The summed E-state index contributed by atoms with van der Waals surface area (Å²) in [5.74, 6) is 0.116. The lowest BCUT2D eigenvalue weighted by molar-refractivity contribution is -0.145. The molecule has 0 saturated heterocycles. The monoisotopic (exact) mass is 188 g/mol. The maximum absolute atomic E-state index is 11.0. The molecular weight excluding hydrogens is 168 g/mol. The molecule has 3 heteroatoms. The fourth-order valence-electron chi connectivity index (χ4n) is 1.58. The van der Waals surface area contributed by atoms with E-state index in [2.05, 4.69) is 4.74 Å². The van der Waals surface area contributed by atoms with Gasteiger partial charge in [-0.25, -0.2) is 0 Å². The molecule has 1 N–H and O–H groups in total. The van der Waals surface area contributed by atoms with Gasteiger partial charge in [0.2, 0.25) is 0 Å². The number of ether oxygens (including phenoxy) is 1. The zero-order valence-corrected chi connectivity index (χ0v) is 8.91. The van der Waals surface area contributed by atoms with E-state index in [1.807, 2.05) is 13.8 Å². The summed E-state index contributed by atoms with van der Waals surface area (Å²) in [6.07, 6.45) is 1.22. The van der Waals surface area contributed by atoms with Crippen molar-refractivity contribution in [2.75, 3.05) is 7.11 Å². The number of hydrogen-bond acceptors (Lipinski definition) is 3. The molecular formula is C10H20O3. The lowest BCUT2D eigenvalue weighted by Crippen LogP contribution is -2.17. The van der Waals surface area contributed by atoms with Gasteiger partial charge in [0, 0.05) is 0 Å². The Morgan fingerprint density at radius 3 is 2.23 bits per heavy atom. The summed E-state index contributed by atoms with van der Waals surface area (Å²) in [7, 11) is 1.40. The molecule has 0 bridgehead atoms. The number of hydrogen-bond donors (Lipinski definition) is 1. The predicted octanol–water partition coefficient (Wildman–Crippen LogP) is 1.59. The van der Waals surface area contributed by atoms with Gasteiger partial charge in [-0.2, -0.15) is 0 Å². The van der Waals surface area contributed by atoms with Crippen LogP contribution in [0.4, 0.5) is 0 Å². The minimum absolute atomic E-state index is 0.0706. The summed E-state index contributed by atoms with van der Waals surface area (Å²) < 4.78 is 4.62. The summed E-state index contributed by atoms with van der Waals surface area (Å²) in [6.45, 7) is 5.65. The number of aliphatic hydroxyl groups excluding tert-OH is 1. The Balaban J connectivity index is 3.77. The Hall–Kier alpha value is -0.570. The van der Waals surface area contributed by atoms with E-state index < -0.39 is 0 Å². The molecule has 0 spiro atoms. The van der Waals surface area contributed by atoms with Crippen molar-refractivity contribution in [1.82, 2.24) is 0 Å². The quantitative estimate of drug-likeness (QED) is 0.666. The molecule has 0 heterocycles. The first-order chi connectivity index (χ1) is 5.97. The molecule has 0 aliphatic carbocycles. The highest BCUT2D eigenvalue weighted by atomic mass is 16.5. The highest BCUT2D eigenvalue weighted by Crippen LogP contribution is 2.17. The van der Waals surface area contributed by atoms with Gasteiger partial charge in [-0.3, -0.25) is 4.79 Å². The summed E-state index contributed by atoms with van der Waals surface area (Å²) in [6, 6.07) is 0. The highest BCUT2D eigenvalue weighted by molar-refractivity contribution is 5.71. The van der Waals surface area contributed by atoms with Gasteiger partial charge in [-0.1, -0.05) is 13.8 Å². The van der Waals surface area contributed by atoms with E-state index in [0.29, 0.717) is 5.92 Å². The van der Waals surface area contributed by atoms with Crippen LogP contribution in [-0.2, 0) is 9.53 Å². The maximum Gasteiger partial charge on any atom is 0.308 e. The molecule has 0 aromatic heterocycles. The van der Waals surface area contributed by atoms with Crippen LogP contribution in [0.25, 0.3) is 0 Å². The van der Waals surface area contributed by atoms with Crippen LogP contribution in [0.5, 0.6) is 0 Å². The molecule has 0 radical (unpaired) electrons. The lowest BCUT2D eigenvalue weighted by Gasteiger charge is -2.16. The third-order valence-corrected chi connectivity index (χ3v) is 2.10. The van der Waals surface area contributed by atoms with Crippen LogP contribution < -0.4 is 0 Å². The van der Waals surface area contributed by atoms with Gasteiger partial charge < -0.3 is 9.84 Å². The standard InChI is InChI=1S/C10H20O3/c1-7(6-9(3)11)5-8(2)10(12)13-4/h7-9,11H,5-6H2,1-4H3/t7-,8+,9-/m1/s1. The van der Waals surface area contributed by atoms with Crippen molar-refractivity contribution >= 4 is 5.97 Å². The van der Waals surface area contributed by atoms with Crippen molar-refractivity contribution in [3.63, 3.8) is 0 Å². The van der Waals surface area contributed by atoms with E-state index in [9.17, 15) is 4.79 Å². The van der Waals surface area contributed by atoms with Crippen LogP contribution in [-0.4, -0.2) is 24.3 Å². The van der Waals surface area contributed by atoms with Gasteiger partial charge in [0.25, 0.3) is 0 Å². The zero-order valence-electron chi connectivity index (χ0n) is 8.91. The van der Waals surface area contributed by atoms with Crippen LogP contribution in [0.2, 0.25) is 0 Å². The van der Waals surface area contributed by atoms with Crippen molar-refractivity contribution in [2.24, 2.45) is 11.8 Å². The minimum Gasteiger partial charge on any atom is -0.469 e. The Bertz CT molecular complexity index is 154. The van der Waals surface area contributed by atoms with Gasteiger partial charge in [-0.15, -0.1) is 0 Å². The summed E-state index contributed by atoms with van der Waals surface area (Å²) in [5, 5.41) is 9.12. The first-order valence-electron chi connectivity index (χ1n) is 4.73. The molecule has 0 aromatic rings. The maximum atomic E-state index is 11.0. The third-order valence-electron chi connectivity index (χ3n) is 2.10. The molecule has 0 saturated carbocycles. The molecule has 0 unspecified atom stereocenters. The molecule has 3 atom stereocenters. The van der Waals surface area contributed by atoms with E-state index in [-0.39, 0.29) is 18.0 Å². The Morgan fingerprint density at radius 2 is 1.85 bits per heavy atom. The van der Waals surface area contributed by atoms with Crippen LogP contribution in [0.3, 0.4) is 0 Å². The molecule has 13 heavy (non-hydrogen) atoms. The summed E-state index contributed by atoms with van der Waals surface area (Å²) >= 11 is 0. The Morgan fingerprint density at radius 1 is 1.31 bits per heavy atom.